The summed E-state index contributed by atoms with van der Waals surface area (Å²) in [6.07, 6.45) is 6.44. The predicted octanol–water partition coefficient (Wildman–Crippen LogP) is 2.33. The Morgan fingerprint density at radius 1 is 1.16 bits per heavy atom. The molecule has 2 amide bonds. The number of anilines is 1. The Hall–Kier alpha value is -3.35. The molecule has 0 aliphatic heterocycles. The molecule has 7 heteroatoms. The molecular weight excluding hydrogens is 320 g/mol. The summed E-state index contributed by atoms with van der Waals surface area (Å²) < 4.78 is 7.72. The molecule has 2 heterocycles. The van der Waals surface area contributed by atoms with Crippen LogP contribution >= 0.6 is 0 Å². The van der Waals surface area contributed by atoms with Gasteiger partial charge in [-0.3, -0.25) is 9.59 Å². The number of amides is 2. The number of hydrogen-bond donors (Lipinski definition) is 2. The Labute approximate surface area is 143 Å². The molecular formula is C18H16N4O3. The number of pyridine rings is 1. The third-order valence-corrected chi connectivity index (χ3v) is 4.38. The molecule has 1 aliphatic rings. The van der Waals surface area contributed by atoms with Crippen LogP contribution in [-0.2, 0) is 9.59 Å². The van der Waals surface area contributed by atoms with Crippen molar-refractivity contribution in [2.45, 2.75) is 12.8 Å². The van der Waals surface area contributed by atoms with Gasteiger partial charge in [0.15, 0.2) is 11.4 Å². The number of aromatic nitrogens is 2. The highest BCUT2D eigenvalue weighted by atomic mass is 16.5. The Kier molecular flexibility index (Phi) is 3.42. The van der Waals surface area contributed by atoms with E-state index in [1.807, 2.05) is 28.9 Å². The van der Waals surface area contributed by atoms with Gasteiger partial charge in [0, 0.05) is 24.3 Å². The molecule has 3 aromatic rings. The van der Waals surface area contributed by atoms with Gasteiger partial charge in [-0.1, -0.05) is 0 Å². The predicted molar refractivity (Wildman–Crippen MR) is 91.2 cm³/mol. The minimum Gasteiger partial charge on any atom is -0.453 e. The first kappa shape index (κ1) is 15.2. The molecule has 4 rings (SSSR count). The number of carbonyl (C=O) groups is 2. The lowest BCUT2D eigenvalue weighted by atomic mass is 10.1. The number of primary amides is 1. The molecule has 0 saturated heterocycles. The van der Waals surface area contributed by atoms with E-state index in [0.29, 0.717) is 30.0 Å². The molecule has 2 aromatic heterocycles. The largest absolute Gasteiger partial charge is 0.453 e. The molecule has 1 aromatic carbocycles. The smallest absolute Gasteiger partial charge is 0.240 e. The SMILES string of the molecule is NC(=O)C1(C(=O)Nc2ccc(Oc3cccn4ccnc34)cc2)CC1. The van der Waals surface area contributed by atoms with Crippen molar-refractivity contribution in [3.8, 4) is 11.5 Å². The molecule has 1 fully saturated rings. The van der Waals surface area contributed by atoms with Gasteiger partial charge in [0.25, 0.3) is 0 Å². The number of ether oxygens (including phenoxy) is 1. The van der Waals surface area contributed by atoms with Crippen LogP contribution in [0.5, 0.6) is 11.5 Å². The first-order valence-electron chi connectivity index (χ1n) is 7.89. The Bertz CT molecular complexity index is 958. The summed E-state index contributed by atoms with van der Waals surface area (Å²) in [5, 5.41) is 2.73. The molecule has 0 unspecified atom stereocenters. The minimum atomic E-state index is -1.04. The maximum Gasteiger partial charge on any atom is 0.240 e. The van der Waals surface area contributed by atoms with Gasteiger partial charge in [-0.05, 0) is 49.2 Å². The van der Waals surface area contributed by atoms with Gasteiger partial charge >= 0.3 is 0 Å². The first-order chi connectivity index (χ1) is 12.1. The van der Waals surface area contributed by atoms with Crippen molar-refractivity contribution in [2.24, 2.45) is 11.1 Å². The zero-order valence-corrected chi connectivity index (χ0v) is 13.3. The Morgan fingerprint density at radius 2 is 1.92 bits per heavy atom. The second-order valence-corrected chi connectivity index (χ2v) is 6.06. The quantitative estimate of drug-likeness (QED) is 0.699. The van der Waals surface area contributed by atoms with Crippen LogP contribution in [0.4, 0.5) is 5.69 Å². The number of benzene rings is 1. The average Bonchev–Trinajstić information content (AvgIpc) is 3.29. The zero-order valence-electron chi connectivity index (χ0n) is 13.3. The van der Waals surface area contributed by atoms with Crippen molar-refractivity contribution in [2.75, 3.05) is 5.32 Å². The van der Waals surface area contributed by atoms with E-state index in [9.17, 15) is 9.59 Å². The maximum atomic E-state index is 12.2. The van der Waals surface area contributed by atoms with Crippen molar-refractivity contribution in [3.63, 3.8) is 0 Å². The molecule has 0 atom stereocenters. The van der Waals surface area contributed by atoms with Crippen molar-refractivity contribution in [1.82, 2.24) is 9.38 Å². The van der Waals surface area contributed by atoms with Crippen LogP contribution in [0.15, 0.2) is 55.0 Å². The summed E-state index contributed by atoms with van der Waals surface area (Å²) in [5.41, 5.74) is 5.58. The van der Waals surface area contributed by atoms with Crippen LogP contribution in [0, 0.1) is 5.41 Å². The number of imidazole rings is 1. The van der Waals surface area contributed by atoms with Gasteiger partial charge in [-0.15, -0.1) is 0 Å². The van der Waals surface area contributed by atoms with E-state index in [4.69, 9.17) is 10.5 Å². The normalized spacial score (nSPS) is 14.9. The fraction of sp³-hybridized carbons (Fsp3) is 0.167. The van der Waals surface area contributed by atoms with Gasteiger partial charge in [-0.25, -0.2) is 4.98 Å². The van der Waals surface area contributed by atoms with Crippen molar-refractivity contribution in [1.29, 1.82) is 0 Å². The first-order valence-corrected chi connectivity index (χ1v) is 7.89. The molecule has 0 bridgehead atoms. The number of nitrogens with two attached hydrogens (primary N) is 1. The number of rotatable bonds is 5. The van der Waals surface area contributed by atoms with Crippen LogP contribution in [0.2, 0.25) is 0 Å². The second kappa shape index (κ2) is 5.62. The minimum absolute atomic E-state index is 0.351. The molecule has 25 heavy (non-hydrogen) atoms. The summed E-state index contributed by atoms with van der Waals surface area (Å²) >= 11 is 0. The van der Waals surface area contributed by atoms with Crippen molar-refractivity contribution in [3.05, 3.63) is 55.0 Å². The fourth-order valence-electron chi connectivity index (χ4n) is 2.70. The topological polar surface area (TPSA) is 98.7 Å². The summed E-state index contributed by atoms with van der Waals surface area (Å²) in [5.74, 6) is 0.327. The van der Waals surface area contributed by atoms with Crippen molar-refractivity contribution < 1.29 is 14.3 Å². The molecule has 0 radical (unpaired) electrons. The van der Waals surface area contributed by atoms with Crippen LogP contribution in [-0.4, -0.2) is 21.2 Å². The summed E-state index contributed by atoms with van der Waals surface area (Å²) in [6, 6.07) is 10.6. The van der Waals surface area contributed by atoms with Gasteiger partial charge in [-0.2, -0.15) is 0 Å². The van der Waals surface area contributed by atoms with Crippen LogP contribution in [0.1, 0.15) is 12.8 Å². The van der Waals surface area contributed by atoms with Gasteiger partial charge in [0.1, 0.15) is 11.2 Å². The highest BCUT2D eigenvalue weighted by Gasteiger charge is 2.55. The highest BCUT2D eigenvalue weighted by Crippen LogP contribution is 2.46. The summed E-state index contributed by atoms with van der Waals surface area (Å²) in [4.78, 5) is 27.8. The lowest BCUT2D eigenvalue weighted by Gasteiger charge is -2.12. The van der Waals surface area contributed by atoms with E-state index in [1.54, 1.807) is 30.5 Å². The highest BCUT2D eigenvalue weighted by molar-refractivity contribution is 6.12. The van der Waals surface area contributed by atoms with Crippen LogP contribution in [0.25, 0.3) is 5.65 Å². The van der Waals surface area contributed by atoms with Crippen molar-refractivity contribution >= 4 is 23.1 Å². The molecule has 1 aliphatic carbocycles. The van der Waals surface area contributed by atoms with Gasteiger partial charge in [0.2, 0.25) is 11.8 Å². The number of nitrogens with zero attached hydrogens (tertiary/aromatic N) is 2. The van der Waals surface area contributed by atoms with E-state index >= 15 is 0 Å². The van der Waals surface area contributed by atoms with E-state index < -0.39 is 11.3 Å². The second-order valence-electron chi connectivity index (χ2n) is 6.06. The third-order valence-electron chi connectivity index (χ3n) is 4.38. The van der Waals surface area contributed by atoms with E-state index in [0.717, 1.165) is 5.65 Å². The lowest BCUT2D eigenvalue weighted by Crippen LogP contribution is -2.36. The number of carbonyl (C=O) groups excluding carboxylic acids is 2. The van der Waals surface area contributed by atoms with E-state index in [-0.39, 0.29) is 5.91 Å². The molecule has 126 valence electrons. The van der Waals surface area contributed by atoms with Crippen LogP contribution in [0.3, 0.4) is 0 Å². The van der Waals surface area contributed by atoms with Gasteiger partial charge in [0.05, 0.1) is 0 Å². The van der Waals surface area contributed by atoms with E-state index in [1.165, 1.54) is 0 Å². The molecule has 0 spiro atoms. The third kappa shape index (κ3) is 2.69. The number of fused-ring (bicyclic) bond motifs is 1. The average molecular weight is 336 g/mol. The monoisotopic (exact) mass is 336 g/mol. The van der Waals surface area contributed by atoms with E-state index in [2.05, 4.69) is 10.3 Å². The molecule has 7 nitrogen and oxygen atoms in total. The molecule has 3 N–H and O–H groups in total. The fourth-order valence-corrected chi connectivity index (χ4v) is 2.70. The Morgan fingerprint density at radius 3 is 2.60 bits per heavy atom. The standard InChI is InChI=1S/C18H16N4O3/c19-16(23)18(7-8-18)17(24)21-12-3-5-13(6-4-12)25-14-2-1-10-22-11-9-20-15(14)22/h1-6,9-11H,7-8H2,(H2,19,23)(H,21,24). The lowest BCUT2D eigenvalue weighted by molar-refractivity contribution is -0.132. The number of hydrogen-bond acceptors (Lipinski definition) is 4. The zero-order chi connectivity index (χ0) is 17.4. The number of nitrogens with one attached hydrogen (secondary N) is 1. The summed E-state index contributed by atoms with van der Waals surface area (Å²) in [6.45, 7) is 0. The van der Waals surface area contributed by atoms with Gasteiger partial charge < -0.3 is 20.2 Å². The summed E-state index contributed by atoms with van der Waals surface area (Å²) in [7, 11) is 0. The molecule has 1 saturated carbocycles. The Balaban J connectivity index is 1.48. The van der Waals surface area contributed by atoms with Crippen LogP contribution < -0.4 is 15.8 Å². The maximum absolute atomic E-state index is 12.2.